The first kappa shape index (κ1) is 17.1. The van der Waals surface area contributed by atoms with Gasteiger partial charge in [0.2, 0.25) is 5.88 Å². The molecule has 1 aromatic heterocycles. The SMILES string of the molecule is O=C([O-])C[C@H](C(=O)[O-])n1c(O)c(/C=C2\C=Nc3ccccc32)sc1=S. The number of thiazole rings is 1. The molecule has 0 aliphatic carbocycles. The minimum absolute atomic E-state index is 0.0167. The number of rotatable bonds is 5. The topological polar surface area (TPSA) is 118 Å². The van der Waals surface area contributed by atoms with Gasteiger partial charge in [0.05, 0.1) is 22.6 Å². The van der Waals surface area contributed by atoms with Gasteiger partial charge in [-0.3, -0.25) is 9.56 Å². The molecule has 1 aromatic carbocycles. The van der Waals surface area contributed by atoms with Crippen molar-refractivity contribution in [2.75, 3.05) is 0 Å². The van der Waals surface area contributed by atoms with E-state index in [1.54, 1.807) is 12.3 Å². The average Bonchev–Trinajstić information content (AvgIpc) is 3.07. The van der Waals surface area contributed by atoms with Crippen LogP contribution < -0.4 is 10.2 Å². The zero-order chi connectivity index (χ0) is 18.1. The number of aromatic nitrogens is 1. The maximum atomic E-state index is 11.2. The van der Waals surface area contributed by atoms with Gasteiger partial charge in [0, 0.05) is 29.7 Å². The maximum absolute atomic E-state index is 11.2. The Kier molecular flexibility index (Phi) is 4.51. The van der Waals surface area contributed by atoms with Gasteiger partial charge in [-0.1, -0.05) is 18.2 Å². The van der Waals surface area contributed by atoms with Crippen LogP contribution in [-0.4, -0.2) is 27.8 Å². The Morgan fingerprint density at radius 1 is 1.36 bits per heavy atom. The number of carbonyl (C=O) groups excluding carboxylic acids is 2. The fraction of sp³-hybridized carbons (Fsp3) is 0.125. The summed E-state index contributed by atoms with van der Waals surface area (Å²) in [4.78, 5) is 26.6. The van der Waals surface area contributed by atoms with Crippen LogP contribution in [0.1, 0.15) is 22.9 Å². The number of para-hydroxylation sites is 1. The summed E-state index contributed by atoms with van der Waals surface area (Å²) in [5, 5.41) is 32.4. The number of carbonyl (C=O) groups is 2. The molecular weight excluding hydrogens is 364 g/mol. The molecule has 9 heteroatoms. The highest BCUT2D eigenvalue weighted by Gasteiger charge is 2.21. The molecule has 0 radical (unpaired) electrons. The second kappa shape index (κ2) is 6.61. The van der Waals surface area contributed by atoms with Gasteiger partial charge in [-0.05, 0) is 24.4 Å². The largest absolute Gasteiger partial charge is 0.550 e. The molecule has 0 bridgehead atoms. The van der Waals surface area contributed by atoms with Crippen LogP contribution in [0.15, 0.2) is 29.3 Å². The van der Waals surface area contributed by atoms with Crippen molar-refractivity contribution in [3.05, 3.63) is 38.7 Å². The first-order valence-corrected chi connectivity index (χ1v) is 8.31. The summed E-state index contributed by atoms with van der Waals surface area (Å²) in [5.41, 5.74) is 2.36. The molecule has 25 heavy (non-hydrogen) atoms. The summed E-state index contributed by atoms with van der Waals surface area (Å²) >= 11 is 6.04. The lowest BCUT2D eigenvalue weighted by Gasteiger charge is -2.20. The van der Waals surface area contributed by atoms with Crippen molar-refractivity contribution in [3.63, 3.8) is 0 Å². The van der Waals surface area contributed by atoms with Crippen LogP contribution in [0, 0.1) is 3.95 Å². The number of aliphatic carboxylic acids is 2. The van der Waals surface area contributed by atoms with Crippen LogP contribution in [0.3, 0.4) is 0 Å². The van der Waals surface area contributed by atoms with Gasteiger partial charge in [-0.25, -0.2) is 0 Å². The molecule has 1 aliphatic rings. The van der Waals surface area contributed by atoms with E-state index >= 15 is 0 Å². The molecule has 1 aliphatic heterocycles. The second-order valence-electron chi connectivity index (χ2n) is 5.21. The normalized spacial score (nSPS) is 15.3. The summed E-state index contributed by atoms with van der Waals surface area (Å²) in [6, 6.07) is 5.75. The molecule has 0 fully saturated rings. The number of allylic oxidation sites excluding steroid dienone is 1. The number of nitrogens with zero attached hydrogens (tertiary/aromatic N) is 2. The number of carboxylic acids is 2. The molecule has 0 unspecified atom stereocenters. The average molecular weight is 374 g/mol. The van der Waals surface area contributed by atoms with Crippen LogP contribution in [0.5, 0.6) is 5.88 Å². The van der Waals surface area contributed by atoms with E-state index in [4.69, 9.17) is 12.2 Å². The van der Waals surface area contributed by atoms with Gasteiger partial charge in [0.1, 0.15) is 0 Å². The highest BCUT2D eigenvalue weighted by Crippen LogP contribution is 2.37. The van der Waals surface area contributed by atoms with E-state index in [9.17, 15) is 24.9 Å². The first-order chi connectivity index (χ1) is 11.9. The molecule has 0 amide bonds. The molecule has 2 aromatic rings. The lowest BCUT2D eigenvalue weighted by molar-refractivity contribution is -0.319. The van der Waals surface area contributed by atoms with E-state index in [0.29, 0.717) is 4.88 Å². The summed E-state index contributed by atoms with van der Waals surface area (Å²) in [6.07, 6.45) is 2.38. The fourth-order valence-electron chi connectivity index (χ4n) is 2.50. The minimum Gasteiger partial charge on any atom is -0.550 e. The van der Waals surface area contributed by atoms with Crippen LogP contribution in [-0.2, 0) is 9.59 Å². The van der Waals surface area contributed by atoms with Gasteiger partial charge in [-0.15, -0.1) is 11.3 Å². The molecule has 1 N–H and O–H groups in total. The number of aliphatic imine (C=N–C) groups is 1. The molecule has 3 rings (SSSR count). The van der Waals surface area contributed by atoms with Gasteiger partial charge >= 0.3 is 0 Å². The maximum Gasteiger partial charge on any atom is 0.211 e. The Hall–Kier alpha value is -2.78. The number of fused-ring (bicyclic) bond motifs is 1. The number of hydrogen-bond donors (Lipinski definition) is 1. The summed E-state index contributed by atoms with van der Waals surface area (Å²) in [7, 11) is 0. The van der Waals surface area contributed by atoms with E-state index in [2.05, 4.69) is 4.99 Å². The van der Waals surface area contributed by atoms with Crippen molar-refractivity contribution in [2.45, 2.75) is 12.5 Å². The predicted octanol–water partition coefficient (Wildman–Crippen LogP) is 0.672. The summed E-state index contributed by atoms with van der Waals surface area (Å²) in [6.45, 7) is 0. The van der Waals surface area contributed by atoms with Crippen LogP contribution in [0.25, 0.3) is 11.6 Å². The van der Waals surface area contributed by atoms with Crippen molar-refractivity contribution < 1.29 is 24.9 Å². The quantitative estimate of drug-likeness (QED) is 0.769. The summed E-state index contributed by atoms with van der Waals surface area (Å²) in [5.74, 6) is -3.69. The molecule has 0 saturated carbocycles. The lowest BCUT2D eigenvalue weighted by atomic mass is 10.1. The van der Waals surface area contributed by atoms with Crippen molar-refractivity contribution in [3.8, 4) is 5.88 Å². The number of hydrogen-bond acceptors (Lipinski definition) is 8. The highest BCUT2D eigenvalue weighted by atomic mass is 32.1. The molecule has 0 spiro atoms. The Morgan fingerprint density at radius 2 is 2.08 bits per heavy atom. The van der Waals surface area contributed by atoms with E-state index in [1.165, 1.54) is 0 Å². The third kappa shape index (κ3) is 3.24. The zero-order valence-electron chi connectivity index (χ0n) is 12.5. The van der Waals surface area contributed by atoms with E-state index in [1.807, 2.05) is 24.3 Å². The van der Waals surface area contributed by atoms with E-state index in [0.717, 1.165) is 32.7 Å². The molecule has 0 saturated heterocycles. The van der Waals surface area contributed by atoms with Crippen LogP contribution >= 0.6 is 23.6 Å². The first-order valence-electron chi connectivity index (χ1n) is 7.08. The van der Waals surface area contributed by atoms with Crippen molar-refractivity contribution >= 4 is 59.0 Å². The Bertz CT molecular complexity index is 987. The molecular formula is C16H10N2O5S2-2. The van der Waals surface area contributed by atoms with Gasteiger partial charge in [0.15, 0.2) is 3.95 Å². The Labute approximate surface area is 150 Å². The number of aromatic hydroxyl groups is 1. The smallest absolute Gasteiger partial charge is 0.211 e. The van der Waals surface area contributed by atoms with Crippen molar-refractivity contribution in [1.29, 1.82) is 0 Å². The molecule has 7 nitrogen and oxygen atoms in total. The number of carboxylic acid groups (broad SMARTS) is 2. The Balaban J connectivity index is 2.05. The van der Waals surface area contributed by atoms with Gasteiger partial charge in [-0.2, -0.15) is 0 Å². The highest BCUT2D eigenvalue weighted by molar-refractivity contribution is 7.73. The molecule has 128 valence electrons. The predicted molar refractivity (Wildman–Crippen MR) is 90.9 cm³/mol. The Morgan fingerprint density at radius 3 is 2.76 bits per heavy atom. The lowest BCUT2D eigenvalue weighted by Crippen LogP contribution is -2.37. The molecule has 1 atom stereocenters. The zero-order valence-corrected chi connectivity index (χ0v) is 14.2. The second-order valence-corrected chi connectivity index (χ2v) is 6.89. The van der Waals surface area contributed by atoms with Crippen molar-refractivity contribution in [2.24, 2.45) is 4.99 Å². The third-order valence-electron chi connectivity index (χ3n) is 3.63. The standard InChI is InChI=1S/C16H12N2O5S2/c19-13(20)6-11(15(22)23)18-14(21)12(25-16(18)24)5-8-7-17-10-4-2-1-3-9(8)10/h1-5,7,11,21H,6H2,(H,19,20)(H,22,23)/p-2/b8-5+/t11-/m1/s1. The van der Waals surface area contributed by atoms with Crippen molar-refractivity contribution in [1.82, 2.24) is 4.57 Å². The molecule has 2 heterocycles. The minimum atomic E-state index is -1.67. The summed E-state index contributed by atoms with van der Waals surface area (Å²) < 4.78 is 0.873. The van der Waals surface area contributed by atoms with Gasteiger partial charge < -0.3 is 24.9 Å². The van der Waals surface area contributed by atoms with Crippen LogP contribution in [0.4, 0.5) is 5.69 Å². The van der Waals surface area contributed by atoms with E-state index < -0.39 is 30.3 Å². The van der Waals surface area contributed by atoms with E-state index in [-0.39, 0.29) is 3.95 Å². The van der Waals surface area contributed by atoms with Gasteiger partial charge in [0.25, 0.3) is 0 Å². The monoisotopic (exact) mass is 374 g/mol. The van der Waals surface area contributed by atoms with Crippen LogP contribution in [0.2, 0.25) is 0 Å². The number of benzene rings is 1. The fourth-order valence-corrected chi connectivity index (χ4v) is 3.85. The third-order valence-corrected chi connectivity index (χ3v) is 4.97.